The van der Waals surface area contributed by atoms with Crippen molar-refractivity contribution in [2.24, 2.45) is 0 Å². The largest absolute Gasteiger partial charge is 0.322 e. The quantitative estimate of drug-likeness (QED) is 0.224. The molecule has 0 aliphatic heterocycles. The van der Waals surface area contributed by atoms with E-state index in [1.165, 1.54) is 46.7 Å². The third-order valence-corrected chi connectivity index (χ3v) is 9.32. The van der Waals surface area contributed by atoms with Gasteiger partial charge in [-0.05, 0) is 85.5 Å². The van der Waals surface area contributed by atoms with Crippen molar-refractivity contribution in [3.63, 3.8) is 0 Å². The number of carbonyl (C=O) groups excluding carboxylic acids is 2. The van der Waals surface area contributed by atoms with E-state index >= 15 is 0 Å². The Bertz CT molecular complexity index is 1610. The SMILES string of the molecule is O=C(Nc1sc2c(c1C(=O)Nc1ccc(CCc3ccccc3)cc1)CCCC2)c1cccc(S(=O)(=O)Cl)c1. The lowest BCUT2D eigenvalue weighted by Crippen LogP contribution is -2.18. The summed E-state index contributed by atoms with van der Waals surface area (Å²) in [4.78, 5) is 27.5. The number of aryl methyl sites for hydroxylation is 3. The van der Waals surface area contributed by atoms with Gasteiger partial charge in [-0.25, -0.2) is 8.42 Å². The molecular formula is C30H27ClN2O4S2. The molecule has 2 amide bonds. The Morgan fingerprint density at radius 1 is 0.795 bits per heavy atom. The molecule has 0 radical (unpaired) electrons. The van der Waals surface area contributed by atoms with Crippen LogP contribution < -0.4 is 10.6 Å². The minimum atomic E-state index is -3.98. The molecule has 0 unspecified atom stereocenters. The maximum atomic E-state index is 13.5. The number of hydrogen-bond acceptors (Lipinski definition) is 5. The van der Waals surface area contributed by atoms with Crippen LogP contribution in [0.15, 0.2) is 83.8 Å². The molecule has 4 aromatic rings. The van der Waals surface area contributed by atoms with Crippen molar-refractivity contribution >= 4 is 53.6 Å². The lowest BCUT2D eigenvalue weighted by atomic mass is 9.95. The van der Waals surface area contributed by atoms with Gasteiger partial charge in [-0.2, -0.15) is 0 Å². The van der Waals surface area contributed by atoms with Gasteiger partial charge in [-0.3, -0.25) is 9.59 Å². The van der Waals surface area contributed by atoms with Crippen LogP contribution in [-0.4, -0.2) is 20.2 Å². The first-order valence-corrected chi connectivity index (χ1v) is 15.9. The van der Waals surface area contributed by atoms with E-state index < -0.39 is 15.0 Å². The lowest BCUT2D eigenvalue weighted by molar-refractivity contribution is 0.102. The van der Waals surface area contributed by atoms with E-state index in [0.29, 0.717) is 16.3 Å². The van der Waals surface area contributed by atoms with E-state index in [4.69, 9.17) is 10.7 Å². The highest BCUT2D eigenvalue weighted by Gasteiger charge is 2.27. The fourth-order valence-electron chi connectivity index (χ4n) is 4.74. The summed E-state index contributed by atoms with van der Waals surface area (Å²) >= 11 is 1.40. The number of fused-ring (bicyclic) bond motifs is 1. The Labute approximate surface area is 236 Å². The second kappa shape index (κ2) is 11.7. The van der Waals surface area contributed by atoms with Gasteiger partial charge in [-0.15, -0.1) is 11.3 Å². The zero-order valence-corrected chi connectivity index (χ0v) is 23.5. The minimum Gasteiger partial charge on any atom is -0.322 e. The average Bonchev–Trinajstić information content (AvgIpc) is 3.30. The van der Waals surface area contributed by atoms with Crippen LogP contribution in [0.25, 0.3) is 0 Å². The smallest absolute Gasteiger partial charge is 0.261 e. The van der Waals surface area contributed by atoms with Crippen molar-refractivity contribution in [3.8, 4) is 0 Å². The second-order valence-corrected chi connectivity index (χ2v) is 13.1. The Kier molecular flexibility index (Phi) is 8.16. The summed E-state index contributed by atoms with van der Waals surface area (Å²) < 4.78 is 23.4. The van der Waals surface area contributed by atoms with Crippen LogP contribution in [0.3, 0.4) is 0 Å². The molecule has 200 valence electrons. The van der Waals surface area contributed by atoms with E-state index in [0.717, 1.165) is 49.0 Å². The van der Waals surface area contributed by atoms with Gasteiger partial charge in [0.2, 0.25) is 0 Å². The van der Waals surface area contributed by atoms with Crippen molar-refractivity contribution in [2.75, 3.05) is 10.6 Å². The first-order chi connectivity index (χ1) is 18.8. The molecular weight excluding hydrogens is 552 g/mol. The van der Waals surface area contributed by atoms with Gasteiger partial charge < -0.3 is 10.6 Å². The molecule has 2 N–H and O–H groups in total. The number of carbonyl (C=O) groups is 2. The standard InChI is InChI=1S/C30H27ClN2O4S2/c31-39(36,37)24-10-6-9-22(19-24)28(34)33-30-27(25-11-4-5-12-26(25)38-30)29(35)32-23-17-15-21(16-18-23)14-13-20-7-2-1-3-8-20/h1-3,6-10,15-19H,4-5,11-14H2,(H,32,35)(H,33,34). The Morgan fingerprint density at radius 3 is 2.21 bits per heavy atom. The molecule has 3 aromatic carbocycles. The Hall–Kier alpha value is -3.46. The first kappa shape index (κ1) is 27.1. The van der Waals surface area contributed by atoms with Crippen molar-refractivity contribution in [1.82, 2.24) is 0 Å². The van der Waals surface area contributed by atoms with Gasteiger partial charge in [0, 0.05) is 26.8 Å². The number of thiophene rings is 1. The van der Waals surface area contributed by atoms with Crippen molar-refractivity contribution in [2.45, 2.75) is 43.4 Å². The summed E-state index contributed by atoms with van der Waals surface area (Å²) in [5, 5.41) is 6.31. The van der Waals surface area contributed by atoms with Crippen molar-refractivity contribution < 1.29 is 18.0 Å². The van der Waals surface area contributed by atoms with Gasteiger partial charge in [0.05, 0.1) is 10.5 Å². The average molecular weight is 579 g/mol. The summed E-state index contributed by atoms with van der Waals surface area (Å²) in [7, 11) is 1.47. The zero-order chi connectivity index (χ0) is 27.4. The van der Waals surface area contributed by atoms with Gasteiger partial charge in [0.15, 0.2) is 0 Å². The van der Waals surface area contributed by atoms with Gasteiger partial charge in [0.1, 0.15) is 5.00 Å². The fraction of sp³-hybridized carbons (Fsp3) is 0.200. The number of amides is 2. The third-order valence-electron chi connectivity index (χ3n) is 6.76. The molecule has 0 saturated heterocycles. The summed E-state index contributed by atoms with van der Waals surface area (Å²) in [5.41, 5.74) is 4.71. The highest BCUT2D eigenvalue weighted by Crippen LogP contribution is 2.39. The maximum Gasteiger partial charge on any atom is 0.261 e. The lowest BCUT2D eigenvalue weighted by Gasteiger charge is -2.14. The number of anilines is 2. The third kappa shape index (κ3) is 6.58. The van der Waals surface area contributed by atoms with E-state index in [2.05, 4.69) is 22.8 Å². The van der Waals surface area contributed by atoms with Gasteiger partial charge in [-0.1, -0.05) is 48.5 Å². The number of rotatable bonds is 8. The van der Waals surface area contributed by atoms with Crippen LogP contribution in [0.4, 0.5) is 10.7 Å². The molecule has 1 aliphatic carbocycles. The predicted octanol–water partition coefficient (Wildman–Crippen LogP) is 6.84. The zero-order valence-electron chi connectivity index (χ0n) is 21.1. The molecule has 9 heteroatoms. The molecule has 1 aliphatic rings. The highest BCUT2D eigenvalue weighted by atomic mass is 35.7. The highest BCUT2D eigenvalue weighted by molar-refractivity contribution is 8.13. The minimum absolute atomic E-state index is 0.139. The molecule has 5 rings (SSSR count). The van der Waals surface area contributed by atoms with Crippen LogP contribution in [0.5, 0.6) is 0 Å². The maximum absolute atomic E-state index is 13.5. The van der Waals surface area contributed by atoms with E-state index in [1.54, 1.807) is 0 Å². The van der Waals surface area contributed by atoms with E-state index in [1.807, 2.05) is 42.5 Å². The predicted molar refractivity (Wildman–Crippen MR) is 157 cm³/mol. The van der Waals surface area contributed by atoms with Crippen molar-refractivity contribution in [1.29, 1.82) is 0 Å². The van der Waals surface area contributed by atoms with Crippen LogP contribution in [-0.2, 0) is 34.7 Å². The van der Waals surface area contributed by atoms with Crippen molar-refractivity contribution in [3.05, 3.63) is 112 Å². The van der Waals surface area contributed by atoms with Crippen LogP contribution in [0.1, 0.15) is 55.1 Å². The van der Waals surface area contributed by atoms with E-state index in [9.17, 15) is 18.0 Å². The first-order valence-electron chi connectivity index (χ1n) is 12.7. The van der Waals surface area contributed by atoms with Gasteiger partial charge >= 0.3 is 0 Å². The van der Waals surface area contributed by atoms with Gasteiger partial charge in [0.25, 0.3) is 20.9 Å². The summed E-state index contributed by atoms with van der Waals surface area (Å²) in [6, 6.07) is 23.7. The van der Waals surface area contributed by atoms with Crippen LogP contribution in [0.2, 0.25) is 0 Å². The number of nitrogens with one attached hydrogen (secondary N) is 2. The molecule has 0 saturated carbocycles. The normalized spacial score (nSPS) is 12.9. The topological polar surface area (TPSA) is 92.3 Å². The summed E-state index contributed by atoms with van der Waals surface area (Å²) in [6.07, 6.45) is 5.47. The molecule has 0 atom stereocenters. The van der Waals surface area contributed by atoms with Crippen LogP contribution in [0, 0.1) is 0 Å². The molecule has 6 nitrogen and oxygen atoms in total. The second-order valence-electron chi connectivity index (χ2n) is 9.47. The molecule has 39 heavy (non-hydrogen) atoms. The monoisotopic (exact) mass is 578 g/mol. The molecule has 1 heterocycles. The number of hydrogen-bond donors (Lipinski definition) is 2. The molecule has 1 aromatic heterocycles. The van der Waals surface area contributed by atoms with E-state index in [-0.39, 0.29) is 16.4 Å². The Morgan fingerprint density at radius 2 is 1.49 bits per heavy atom. The number of halogens is 1. The molecule has 0 spiro atoms. The Balaban J connectivity index is 1.33. The number of benzene rings is 3. The van der Waals surface area contributed by atoms with Crippen LogP contribution >= 0.6 is 22.0 Å². The summed E-state index contributed by atoms with van der Waals surface area (Å²) in [5.74, 6) is -0.786. The summed E-state index contributed by atoms with van der Waals surface area (Å²) in [6.45, 7) is 0. The molecule has 0 fully saturated rings. The molecule has 0 bridgehead atoms. The fourth-order valence-corrected chi connectivity index (χ4v) is 6.82.